The molecule has 15 rings (SSSR count). The summed E-state index contributed by atoms with van der Waals surface area (Å²) in [7, 11) is 0. The fraction of sp³-hybridized carbons (Fsp3) is 0. The summed E-state index contributed by atoms with van der Waals surface area (Å²) in [6, 6.07) is 75.9. The Balaban J connectivity index is 0.000000133. The van der Waals surface area contributed by atoms with Gasteiger partial charge in [0, 0.05) is 54.8 Å². The molecule has 0 atom stereocenters. The van der Waals surface area contributed by atoms with Crippen LogP contribution in [0.15, 0.2) is 240 Å². The van der Waals surface area contributed by atoms with Crippen LogP contribution < -0.4 is 0 Å². The van der Waals surface area contributed by atoms with Gasteiger partial charge in [0.25, 0.3) is 0 Å². The second-order valence-corrected chi connectivity index (χ2v) is 17.4. The van der Waals surface area contributed by atoms with Gasteiger partial charge in [-0.3, -0.25) is 0 Å². The lowest BCUT2D eigenvalue weighted by molar-refractivity contribution is 0.667. The molecule has 0 N–H and O–H groups in total. The number of rotatable bonds is 5. The van der Waals surface area contributed by atoms with Crippen LogP contribution in [0.5, 0.6) is 0 Å². The average Bonchev–Trinajstić information content (AvgIpc) is 4.19. The van der Waals surface area contributed by atoms with Crippen LogP contribution in [-0.4, -0.2) is 29.1 Å². The molecule has 0 radical (unpaired) electrons. The Bertz CT molecular complexity index is 4390. The predicted molar refractivity (Wildman–Crippen MR) is 284 cm³/mol. The maximum absolute atomic E-state index is 6.21. The van der Waals surface area contributed by atoms with E-state index in [4.69, 9.17) is 8.83 Å². The van der Waals surface area contributed by atoms with Crippen molar-refractivity contribution in [1.82, 2.24) is 29.1 Å². The second kappa shape index (κ2) is 16.0. The third kappa shape index (κ3) is 6.31. The van der Waals surface area contributed by atoms with Gasteiger partial charge in [0.2, 0.25) is 0 Å². The quantitative estimate of drug-likeness (QED) is 0.171. The van der Waals surface area contributed by atoms with Crippen LogP contribution in [-0.2, 0) is 0 Å². The van der Waals surface area contributed by atoms with Crippen molar-refractivity contribution in [3.63, 3.8) is 0 Å². The normalized spacial score (nSPS) is 11.7. The van der Waals surface area contributed by atoms with E-state index in [-0.39, 0.29) is 0 Å². The summed E-state index contributed by atoms with van der Waals surface area (Å²) in [5, 5.41) is 7.04. The van der Waals surface area contributed by atoms with Crippen molar-refractivity contribution in [2.45, 2.75) is 0 Å². The molecule has 0 aliphatic heterocycles. The van der Waals surface area contributed by atoms with Gasteiger partial charge in [0.1, 0.15) is 46.2 Å². The molecule has 0 amide bonds. The number of furan rings is 2. The zero-order chi connectivity index (χ0) is 46.1. The fourth-order valence-corrected chi connectivity index (χ4v) is 10.3. The van der Waals surface area contributed by atoms with E-state index in [1.54, 1.807) is 12.7 Å². The second-order valence-electron chi connectivity index (χ2n) is 17.4. The molecular formula is C62H38N6O2. The zero-order valence-electron chi connectivity index (χ0n) is 37.4. The highest BCUT2D eigenvalue weighted by Crippen LogP contribution is 2.38. The Morgan fingerprint density at radius 2 is 0.686 bits per heavy atom. The van der Waals surface area contributed by atoms with E-state index in [0.29, 0.717) is 5.58 Å². The van der Waals surface area contributed by atoms with E-state index < -0.39 is 0 Å². The predicted octanol–water partition coefficient (Wildman–Crippen LogP) is 15.9. The van der Waals surface area contributed by atoms with E-state index in [0.717, 1.165) is 83.6 Å². The number of aromatic nitrogens is 6. The molecule has 0 aliphatic rings. The van der Waals surface area contributed by atoms with E-state index in [1.165, 1.54) is 43.6 Å². The van der Waals surface area contributed by atoms with Crippen LogP contribution in [0.2, 0.25) is 0 Å². The molecule has 0 saturated heterocycles. The molecule has 0 fully saturated rings. The van der Waals surface area contributed by atoms with Gasteiger partial charge in [-0.1, -0.05) is 140 Å². The van der Waals surface area contributed by atoms with Crippen molar-refractivity contribution in [1.29, 1.82) is 0 Å². The smallest absolute Gasteiger partial charge is 0.180 e. The van der Waals surface area contributed by atoms with Crippen molar-refractivity contribution in [3.05, 3.63) is 231 Å². The van der Waals surface area contributed by atoms with Crippen LogP contribution in [0.3, 0.4) is 0 Å². The van der Waals surface area contributed by atoms with Gasteiger partial charge in [0.05, 0.1) is 22.1 Å². The Morgan fingerprint density at radius 1 is 0.286 bits per heavy atom. The molecule has 9 aromatic carbocycles. The minimum atomic E-state index is 0.713. The number of nitrogens with zero attached hydrogens (tertiary/aromatic N) is 6. The van der Waals surface area contributed by atoms with Crippen LogP contribution in [0.1, 0.15) is 0 Å². The Hall–Kier alpha value is -9.66. The molecule has 6 heterocycles. The zero-order valence-corrected chi connectivity index (χ0v) is 37.4. The van der Waals surface area contributed by atoms with Crippen LogP contribution in [0.25, 0.3) is 133 Å². The highest BCUT2D eigenvalue weighted by Gasteiger charge is 2.18. The van der Waals surface area contributed by atoms with Crippen molar-refractivity contribution in [3.8, 4) is 45.0 Å². The number of fused-ring (bicyclic) bond motifs is 12. The topological polar surface area (TPSA) is 87.7 Å². The first-order valence-corrected chi connectivity index (χ1v) is 23.3. The molecule has 8 nitrogen and oxygen atoms in total. The van der Waals surface area contributed by atoms with Crippen LogP contribution >= 0.6 is 0 Å². The van der Waals surface area contributed by atoms with Gasteiger partial charge in [-0.05, 0) is 90.0 Å². The Kier molecular flexibility index (Phi) is 9.03. The summed E-state index contributed by atoms with van der Waals surface area (Å²) in [5.74, 6) is 0. The lowest BCUT2D eigenvalue weighted by atomic mass is 10.0. The van der Waals surface area contributed by atoms with Crippen LogP contribution in [0, 0.1) is 0 Å². The molecule has 0 aliphatic carbocycles. The molecule has 0 unspecified atom stereocenters. The molecule has 15 aromatic rings. The van der Waals surface area contributed by atoms with Crippen molar-refractivity contribution in [2.24, 2.45) is 0 Å². The lowest BCUT2D eigenvalue weighted by Crippen LogP contribution is -1.94. The van der Waals surface area contributed by atoms with Gasteiger partial charge in [-0.25, -0.2) is 19.9 Å². The summed E-state index contributed by atoms with van der Waals surface area (Å²) >= 11 is 0. The van der Waals surface area contributed by atoms with Gasteiger partial charge >= 0.3 is 0 Å². The molecule has 328 valence electrons. The standard InChI is InChI=1S/C34H21N3O.C28H17N3O/c1-4-16-29-26(13-1)27-14-2-5-17-30(27)37(29)25-12-8-10-23(20-25)22-9-7-11-24(19-22)32-34-33(36-21-35-32)28-15-3-6-18-31(28)38-34;1-4-10-23-20(7-1)21-8-2-5-11-24(21)31(23)19-15-13-18(14-16-19)26-28-27(30-17-29-26)22-9-3-6-12-25(22)32-28/h1-21H;1-17H. The number of benzene rings is 9. The molecule has 0 saturated carbocycles. The van der Waals surface area contributed by atoms with Gasteiger partial charge in [-0.2, -0.15) is 0 Å². The fourth-order valence-electron chi connectivity index (χ4n) is 10.3. The Morgan fingerprint density at radius 3 is 1.20 bits per heavy atom. The minimum absolute atomic E-state index is 0.713. The Labute approximate surface area is 400 Å². The first-order valence-electron chi connectivity index (χ1n) is 23.3. The molecule has 70 heavy (non-hydrogen) atoms. The summed E-state index contributed by atoms with van der Waals surface area (Å²) in [6.07, 6.45) is 3.23. The monoisotopic (exact) mass is 898 g/mol. The molecule has 0 spiro atoms. The largest absolute Gasteiger partial charge is 0.452 e. The van der Waals surface area contributed by atoms with Crippen molar-refractivity contribution >= 4 is 87.7 Å². The van der Waals surface area contributed by atoms with Gasteiger partial charge in [-0.15, -0.1) is 0 Å². The maximum Gasteiger partial charge on any atom is 0.180 e. The maximum atomic E-state index is 6.21. The summed E-state index contributed by atoms with van der Waals surface area (Å²) in [5.41, 5.74) is 17.7. The third-order valence-corrected chi connectivity index (χ3v) is 13.4. The first kappa shape index (κ1) is 39.5. The van der Waals surface area contributed by atoms with Gasteiger partial charge < -0.3 is 18.0 Å². The highest BCUT2D eigenvalue weighted by molar-refractivity contribution is 6.11. The first-order chi connectivity index (χ1) is 34.7. The van der Waals surface area contributed by atoms with E-state index in [9.17, 15) is 0 Å². The number of hydrogen-bond donors (Lipinski definition) is 0. The summed E-state index contributed by atoms with van der Waals surface area (Å²) < 4.78 is 17.0. The summed E-state index contributed by atoms with van der Waals surface area (Å²) in [4.78, 5) is 18.2. The minimum Gasteiger partial charge on any atom is -0.452 e. The highest BCUT2D eigenvalue weighted by atomic mass is 16.3. The third-order valence-electron chi connectivity index (χ3n) is 13.4. The molecule has 0 bridgehead atoms. The molecule has 6 aromatic heterocycles. The average molecular weight is 899 g/mol. The van der Waals surface area contributed by atoms with Crippen molar-refractivity contribution in [2.75, 3.05) is 0 Å². The number of hydrogen-bond acceptors (Lipinski definition) is 6. The SMILES string of the molecule is c1cc(-c2cccc(-n3c4ccccc4c4ccccc43)c2)cc(-c2ncnc3c2oc2ccccc23)c1.c1ccc2c(c1)oc1c(-c3ccc(-n4c5ccccc5c5ccccc54)cc3)ncnc12. The molecular weight excluding hydrogens is 861 g/mol. The number of para-hydroxylation sites is 6. The van der Waals surface area contributed by atoms with Crippen LogP contribution in [0.4, 0.5) is 0 Å². The van der Waals surface area contributed by atoms with E-state index in [1.807, 2.05) is 48.5 Å². The van der Waals surface area contributed by atoms with E-state index >= 15 is 0 Å². The summed E-state index contributed by atoms with van der Waals surface area (Å²) in [6.45, 7) is 0. The van der Waals surface area contributed by atoms with E-state index in [2.05, 4.69) is 199 Å². The lowest BCUT2D eigenvalue weighted by Gasteiger charge is -2.11. The van der Waals surface area contributed by atoms with Gasteiger partial charge in [0.15, 0.2) is 11.2 Å². The molecule has 8 heteroatoms. The van der Waals surface area contributed by atoms with Crippen molar-refractivity contribution < 1.29 is 8.83 Å².